The standard InChI is InChI=1S/C28H25P/c1-3-10-23(11-4-1)29(24-12-5-2-6-13-24)26-19-17-22-15-14-20-8-7-9-21-16-18-25(26)28(22)27(20)21/h1-12,14-18,21,24,26-27H,13,19H2. The molecular formula is C28H25P. The van der Waals surface area contributed by atoms with E-state index in [1.165, 1.54) is 11.1 Å². The molecule has 0 saturated heterocycles. The van der Waals surface area contributed by atoms with Gasteiger partial charge in [-0.25, -0.2) is 0 Å². The predicted octanol–water partition coefficient (Wildman–Crippen LogP) is 6.54. The molecule has 0 spiro atoms. The van der Waals surface area contributed by atoms with Crippen molar-refractivity contribution < 1.29 is 0 Å². The van der Waals surface area contributed by atoms with Crippen molar-refractivity contribution in [2.45, 2.75) is 24.2 Å². The Balaban J connectivity index is 1.48. The normalized spacial score (nSPS) is 32.0. The molecule has 0 aliphatic heterocycles. The van der Waals surface area contributed by atoms with Crippen molar-refractivity contribution in [2.24, 2.45) is 11.8 Å². The van der Waals surface area contributed by atoms with E-state index in [0.717, 1.165) is 12.8 Å². The summed E-state index contributed by atoms with van der Waals surface area (Å²) in [5, 5.41) is 1.54. The van der Waals surface area contributed by atoms with Crippen molar-refractivity contribution in [3.05, 3.63) is 126 Å². The fourth-order valence-electron chi connectivity index (χ4n) is 5.61. The smallest absolute Gasteiger partial charge is 0.0196 e. The summed E-state index contributed by atoms with van der Waals surface area (Å²) >= 11 is 0. The lowest BCUT2D eigenvalue weighted by atomic mass is 9.66. The highest BCUT2D eigenvalue weighted by molar-refractivity contribution is 7.67. The summed E-state index contributed by atoms with van der Waals surface area (Å²) < 4.78 is 0. The molecule has 5 aliphatic rings. The molecule has 0 aromatic heterocycles. The van der Waals surface area contributed by atoms with Crippen molar-refractivity contribution in [1.82, 2.24) is 0 Å². The quantitative estimate of drug-likeness (QED) is 0.512. The second-order valence-electron chi connectivity index (χ2n) is 8.44. The fraction of sp³-hybridized carbons (Fsp3) is 0.214. The molecule has 29 heavy (non-hydrogen) atoms. The van der Waals surface area contributed by atoms with Crippen LogP contribution in [-0.4, -0.2) is 11.3 Å². The summed E-state index contributed by atoms with van der Waals surface area (Å²) in [5.41, 5.74) is 7.42. The minimum absolute atomic E-state index is 0.323. The zero-order chi connectivity index (χ0) is 19.2. The van der Waals surface area contributed by atoms with Gasteiger partial charge in [0.1, 0.15) is 0 Å². The second kappa shape index (κ2) is 7.12. The Morgan fingerprint density at radius 2 is 1.76 bits per heavy atom. The predicted molar refractivity (Wildman–Crippen MR) is 126 cm³/mol. The molecule has 0 nitrogen and oxygen atoms in total. The molecule has 0 fully saturated rings. The van der Waals surface area contributed by atoms with Crippen LogP contribution >= 0.6 is 7.92 Å². The first-order valence-electron chi connectivity index (χ1n) is 10.8. The first-order chi connectivity index (χ1) is 14.4. The highest BCUT2D eigenvalue weighted by Gasteiger charge is 2.40. The highest BCUT2D eigenvalue weighted by Crippen LogP contribution is 2.58. The van der Waals surface area contributed by atoms with E-state index in [1.54, 1.807) is 16.5 Å². The van der Waals surface area contributed by atoms with E-state index in [-0.39, 0.29) is 7.92 Å². The van der Waals surface area contributed by atoms with E-state index in [2.05, 4.69) is 103 Å². The van der Waals surface area contributed by atoms with E-state index < -0.39 is 0 Å². The number of benzene rings is 1. The van der Waals surface area contributed by atoms with Gasteiger partial charge in [-0.3, -0.25) is 0 Å². The summed E-state index contributed by atoms with van der Waals surface area (Å²) in [6, 6.07) is 11.3. The average Bonchev–Trinajstić information content (AvgIpc) is 2.80. The monoisotopic (exact) mass is 392 g/mol. The van der Waals surface area contributed by atoms with Crippen LogP contribution in [0.25, 0.3) is 0 Å². The molecule has 0 amide bonds. The molecule has 0 N–H and O–H groups in total. The van der Waals surface area contributed by atoms with Gasteiger partial charge in [0, 0.05) is 23.2 Å². The van der Waals surface area contributed by atoms with E-state index in [1.807, 2.05) is 0 Å². The van der Waals surface area contributed by atoms with Crippen LogP contribution in [0.5, 0.6) is 0 Å². The summed E-state index contributed by atoms with van der Waals surface area (Å²) in [4.78, 5) is 0. The molecule has 1 aromatic rings. The number of hydrogen-bond donors (Lipinski definition) is 0. The maximum atomic E-state index is 2.53. The fourth-order valence-corrected chi connectivity index (χ4v) is 8.82. The lowest BCUT2D eigenvalue weighted by Crippen LogP contribution is -2.32. The third-order valence-corrected chi connectivity index (χ3v) is 10.0. The van der Waals surface area contributed by atoms with Gasteiger partial charge in [0.25, 0.3) is 0 Å². The van der Waals surface area contributed by atoms with Crippen LogP contribution < -0.4 is 5.30 Å². The van der Waals surface area contributed by atoms with E-state index in [9.17, 15) is 0 Å². The van der Waals surface area contributed by atoms with Crippen LogP contribution in [0.15, 0.2) is 126 Å². The Morgan fingerprint density at radius 1 is 0.828 bits per heavy atom. The number of rotatable bonds is 3. The second-order valence-corrected chi connectivity index (χ2v) is 11.1. The molecule has 0 bridgehead atoms. The van der Waals surface area contributed by atoms with Crippen LogP contribution in [0, 0.1) is 11.8 Å². The molecule has 1 heteroatoms. The summed E-state index contributed by atoms with van der Waals surface area (Å²) in [6.45, 7) is 0. The zero-order valence-corrected chi connectivity index (χ0v) is 17.4. The van der Waals surface area contributed by atoms with Gasteiger partial charge < -0.3 is 0 Å². The Morgan fingerprint density at radius 3 is 2.62 bits per heavy atom. The maximum Gasteiger partial charge on any atom is 0.0196 e. The van der Waals surface area contributed by atoms with Gasteiger partial charge in [-0.05, 0) is 40.4 Å². The number of allylic oxidation sites excluding steroid dienone is 16. The van der Waals surface area contributed by atoms with Crippen LogP contribution in [0.4, 0.5) is 0 Å². The molecule has 142 valence electrons. The first-order valence-corrected chi connectivity index (χ1v) is 12.2. The van der Waals surface area contributed by atoms with Crippen molar-refractivity contribution in [2.75, 3.05) is 0 Å². The van der Waals surface area contributed by atoms with Crippen LogP contribution in [0.3, 0.4) is 0 Å². The van der Waals surface area contributed by atoms with Crippen LogP contribution in [0.2, 0.25) is 0 Å². The van der Waals surface area contributed by atoms with Crippen molar-refractivity contribution in [3.63, 3.8) is 0 Å². The van der Waals surface area contributed by atoms with E-state index in [4.69, 9.17) is 0 Å². The van der Waals surface area contributed by atoms with Crippen LogP contribution in [-0.2, 0) is 0 Å². The molecule has 6 rings (SSSR count). The molecule has 5 aliphatic carbocycles. The Bertz CT molecular complexity index is 1070. The lowest BCUT2D eigenvalue weighted by molar-refractivity contribution is 0.588. The van der Waals surface area contributed by atoms with Gasteiger partial charge >= 0.3 is 0 Å². The molecule has 5 unspecified atom stereocenters. The summed E-state index contributed by atoms with van der Waals surface area (Å²) in [7, 11) is -0.323. The number of hydrogen-bond acceptors (Lipinski definition) is 0. The largest absolute Gasteiger partial charge is 0.0836 e. The van der Waals surface area contributed by atoms with Crippen molar-refractivity contribution in [1.29, 1.82) is 0 Å². The summed E-state index contributed by atoms with van der Waals surface area (Å²) in [5.74, 6) is 1.04. The third kappa shape index (κ3) is 2.85. The zero-order valence-electron chi connectivity index (χ0n) is 16.5. The van der Waals surface area contributed by atoms with Gasteiger partial charge in [0.2, 0.25) is 0 Å². The third-order valence-electron chi connectivity index (χ3n) is 6.88. The van der Waals surface area contributed by atoms with Gasteiger partial charge in [0.15, 0.2) is 0 Å². The topological polar surface area (TPSA) is 0 Å². The molecule has 1 aromatic carbocycles. The SMILES string of the molecule is C1=CCC(P(c2ccccc2)C2CC=C3C=CC4=CC=CC5C=CC2=C3C45)C=C1. The summed E-state index contributed by atoms with van der Waals surface area (Å²) in [6.07, 6.45) is 30.7. The molecule has 0 radical (unpaired) electrons. The molecular weight excluding hydrogens is 367 g/mol. The van der Waals surface area contributed by atoms with Gasteiger partial charge in [-0.2, -0.15) is 0 Å². The average molecular weight is 392 g/mol. The maximum absolute atomic E-state index is 2.53. The van der Waals surface area contributed by atoms with E-state index in [0.29, 0.717) is 23.2 Å². The lowest BCUT2D eigenvalue weighted by Gasteiger charge is -2.43. The van der Waals surface area contributed by atoms with Gasteiger partial charge in [0.05, 0.1) is 0 Å². The first kappa shape index (κ1) is 17.4. The minimum Gasteiger partial charge on any atom is -0.0836 e. The Kier molecular flexibility index (Phi) is 4.28. The van der Waals surface area contributed by atoms with Crippen molar-refractivity contribution >= 4 is 13.2 Å². The Labute approximate surface area is 174 Å². The Hall–Kier alpha value is -2.43. The van der Waals surface area contributed by atoms with Gasteiger partial charge in [-0.15, -0.1) is 0 Å². The van der Waals surface area contributed by atoms with Crippen molar-refractivity contribution in [3.8, 4) is 0 Å². The van der Waals surface area contributed by atoms with Gasteiger partial charge in [-0.1, -0.05) is 111 Å². The van der Waals surface area contributed by atoms with Crippen LogP contribution in [0.1, 0.15) is 12.8 Å². The van der Waals surface area contributed by atoms with E-state index >= 15 is 0 Å². The molecule has 5 atom stereocenters. The molecule has 0 saturated carbocycles. The minimum atomic E-state index is -0.323. The molecule has 0 heterocycles. The highest BCUT2D eigenvalue weighted by atomic mass is 31.1.